The molecule has 1 heterocycles. The Labute approximate surface area is 152 Å². The summed E-state index contributed by atoms with van der Waals surface area (Å²) in [6, 6.07) is 5.84. The SMILES string of the molecule is Cc1cccc(C(C)C)c1N(CCC(=O)N1CCCCC1)S(C)(=O)=O. The fourth-order valence-electron chi connectivity index (χ4n) is 3.43. The molecule has 1 aliphatic rings. The first-order valence-corrected chi connectivity index (χ1v) is 10.9. The number of sulfonamides is 1. The van der Waals surface area contributed by atoms with Crippen molar-refractivity contribution in [1.82, 2.24) is 4.90 Å². The van der Waals surface area contributed by atoms with Crippen LogP contribution in [-0.2, 0) is 14.8 Å². The second-order valence-electron chi connectivity index (χ2n) is 7.19. The minimum atomic E-state index is -3.46. The molecular weight excluding hydrogens is 336 g/mol. The quantitative estimate of drug-likeness (QED) is 0.776. The van der Waals surface area contributed by atoms with E-state index in [0.717, 1.165) is 42.7 Å². The molecule has 1 aromatic carbocycles. The van der Waals surface area contributed by atoms with E-state index >= 15 is 0 Å². The molecule has 5 nitrogen and oxygen atoms in total. The van der Waals surface area contributed by atoms with Gasteiger partial charge in [-0.3, -0.25) is 9.10 Å². The number of amides is 1. The van der Waals surface area contributed by atoms with Crippen molar-refractivity contribution in [1.29, 1.82) is 0 Å². The van der Waals surface area contributed by atoms with Crippen molar-refractivity contribution < 1.29 is 13.2 Å². The van der Waals surface area contributed by atoms with E-state index in [-0.39, 0.29) is 24.8 Å². The van der Waals surface area contributed by atoms with Gasteiger partial charge < -0.3 is 4.90 Å². The molecule has 0 spiro atoms. The lowest BCUT2D eigenvalue weighted by Crippen LogP contribution is -2.39. The number of para-hydroxylation sites is 1. The van der Waals surface area contributed by atoms with Crippen molar-refractivity contribution in [2.24, 2.45) is 0 Å². The Balaban J connectivity index is 2.25. The Morgan fingerprint density at radius 3 is 2.40 bits per heavy atom. The van der Waals surface area contributed by atoms with Crippen LogP contribution in [0, 0.1) is 6.92 Å². The van der Waals surface area contributed by atoms with Gasteiger partial charge in [-0.15, -0.1) is 0 Å². The molecule has 0 atom stereocenters. The molecule has 0 N–H and O–H groups in total. The summed E-state index contributed by atoms with van der Waals surface area (Å²) in [6.07, 6.45) is 4.68. The fourth-order valence-corrected chi connectivity index (χ4v) is 4.43. The molecule has 140 valence electrons. The van der Waals surface area contributed by atoms with Crippen molar-refractivity contribution in [2.75, 3.05) is 30.2 Å². The average Bonchev–Trinajstić information content (AvgIpc) is 2.55. The topological polar surface area (TPSA) is 57.7 Å². The van der Waals surface area contributed by atoms with E-state index in [4.69, 9.17) is 0 Å². The Morgan fingerprint density at radius 1 is 1.20 bits per heavy atom. The van der Waals surface area contributed by atoms with E-state index in [0.29, 0.717) is 0 Å². The van der Waals surface area contributed by atoms with Crippen LogP contribution in [0.2, 0.25) is 0 Å². The molecule has 1 aromatic rings. The van der Waals surface area contributed by atoms with Crippen molar-refractivity contribution in [3.63, 3.8) is 0 Å². The van der Waals surface area contributed by atoms with E-state index in [2.05, 4.69) is 13.8 Å². The molecule has 0 radical (unpaired) electrons. The van der Waals surface area contributed by atoms with E-state index < -0.39 is 10.0 Å². The number of likely N-dealkylation sites (tertiary alicyclic amines) is 1. The first-order valence-electron chi connectivity index (χ1n) is 9.07. The van der Waals surface area contributed by atoms with E-state index in [1.54, 1.807) is 0 Å². The average molecular weight is 367 g/mol. The van der Waals surface area contributed by atoms with Gasteiger partial charge in [-0.2, -0.15) is 0 Å². The summed E-state index contributed by atoms with van der Waals surface area (Å²) in [7, 11) is -3.46. The predicted octanol–water partition coefficient (Wildman–Crippen LogP) is 3.29. The number of aryl methyl sites for hydroxylation is 1. The molecule has 0 bridgehead atoms. The molecule has 1 amide bonds. The maximum absolute atomic E-state index is 12.5. The Hall–Kier alpha value is -1.56. The largest absolute Gasteiger partial charge is 0.343 e. The number of hydrogen-bond donors (Lipinski definition) is 0. The first kappa shape index (κ1) is 19.8. The van der Waals surface area contributed by atoms with E-state index in [1.165, 1.54) is 17.0 Å². The van der Waals surface area contributed by atoms with Gasteiger partial charge in [0.25, 0.3) is 0 Å². The Morgan fingerprint density at radius 2 is 1.84 bits per heavy atom. The van der Waals surface area contributed by atoms with Gasteiger partial charge >= 0.3 is 0 Å². The van der Waals surface area contributed by atoms with Gasteiger partial charge in [0, 0.05) is 26.1 Å². The maximum atomic E-state index is 12.5. The molecule has 25 heavy (non-hydrogen) atoms. The summed E-state index contributed by atoms with van der Waals surface area (Å²) in [4.78, 5) is 14.3. The predicted molar refractivity (Wildman–Crippen MR) is 103 cm³/mol. The molecule has 6 heteroatoms. The molecule has 2 rings (SSSR count). The van der Waals surface area contributed by atoms with Crippen LogP contribution in [0.25, 0.3) is 0 Å². The molecule has 0 aromatic heterocycles. The Kier molecular flexibility index (Phi) is 6.49. The first-order chi connectivity index (χ1) is 11.7. The van der Waals surface area contributed by atoms with Crippen LogP contribution >= 0.6 is 0 Å². The maximum Gasteiger partial charge on any atom is 0.232 e. The summed E-state index contributed by atoms with van der Waals surface area (Å²) in [5.74, 6) is 0.255. The zero-order chi connectivity index (χ0) is 18.6. The van der Waals surface area contributed by atoms with E-state index in [9.17, 15) is 13.2 Å². The minimum absolute atomic E-state index is 0.0491. The number of carbonyl (C=O) groups is 1. The lowest BCUT2D eigenvalue weighted by Gasteiger charge is -2.30. The number of anilines is 1. The highest BCUT2D eigenvalue weighted by molar-refractivity contribution is 7.92. The van der Waals surface area contributed by atoms with E-state index in [1.807, 2.05) is 30.0 Å². The standard InChI is InChI=1S/C19H30N2O3S/c1-15(2)17-10-8-9-16(3)19(17)21(25(4,23)24)14-11-18(22)20-12-6-5-7-13-20/h8-10,15H,5-7,11-14H2,1-4H3. The summed E-state index contributed by atoms with van der Waals surface area (Å²) < 4.78 is 26.3. The molecule has 1 aliphatic heterocycles. The monoisotopic (exact) mass is 366 g/mol. The fraction of sp³-hybridized carbons (Fsp3) is 0.632. The van der Waals surface area contributed by atoms with Gasteiger partial charge in [0.05, 0.1) is 11.9 Å². The van der Waals surface area contributed by atoms with Gasteiger partial charge in [0.1, 0.15) is 0 Å². The van der Waals surface area contributed by atoms with Crippen LogP contribution in [0.1, 0.15) is 56.6 Å². The van der Waals surface area contributed by atoms with Crippen LogP contribution in [0.5, 0.6) is 0 Å². The summed E-state index contributed by atoms with van der Waals surface area (Å²) in [5.41, 5.74) is 2.64. The van der Waals surface area contributed by atoms with Crippen molar-refractivity contribution >= 4 is 21.6 Å². The third-order valence-electron chi connectivity index (χ3n) is 4.78. The lowest BCUT2D eigenvalue weighted by atomic mass is 9.98. The summed E-state index contributed by atoms with van der Waals surface area (Å²) in [6.45, 7) is 7.80. The van der Waals surface area contributed by atoms with Gasteiger partial charge in [-0.25, -0.2) is 8.42 Å². The highest BCUT2D eigenvalue weighted by Crippen LogP contribution is 2.32. The molecular formula is C19H30N2O3S. The summed E-state index contributed by atoms with van der Waals surface area (Å²) >= 11 is 0. The third-order valence-corrected chi connectivity index (χ3v) is 5.94. The van der Waals surface area contributed by atoms with Crippen molar-refractivity contribution in [3.05, 3.63) is 29.3 Å². The zero-order valence-electron chi connectivity index (χ0n) is 15.8. The second-order valence-corrected chi connectivity index (χ2v) is 9.10. The van der Waals surface area contributed by atoms with Gasteiger partial charge in [0.2, 0.25) is 15.9 Å². The van der Waals surface area contributed by atoms with Crippen molar-refractivity contribution in [2.45, 2.75) is 52.4 Å². The molecule has 1 fully saturated rings. The smallest absolute Gasteiger partial charge is 0.232 e. The van der Waals surface area contributed by atoms with Gasteiger partial charge in [-0.1, -0.05) is 32.0 Å². The van der Waals surface area contributed by atoms with Crippen LogP contribution in [0.15, 0.2) is 18.2 Å². The Bertz CT molecular complexity index is 707. The van der Waals surface area contributed by atoms with Crippen molar-refractivity contribution in [3.8, 4) is 0 Å². The van der Waals surface area contributed by atoms with Gasteiger partial charge in [-0.05, 0) is 43.2 Å². The highest BCUT2D eigenvalue weighted by Gasteiger charge is 2.25. The molecule has 0 unspecified atom stereocenters. The molecule has 0 aliphatic carbocycles. The van der Waals surface area contributed by atoms with Crippen LogP contribution in [-0.4, -0.2) is 45.1 Å². The zero-order valence-corrected chi connectivity index (χ0v) is 16.6. The molecule has 1 saturated heterocycles. The number of benzene rings is 1. The summed E-state index contributed by atoms with van der Waals surface area (Å²) in [5, 5.41) is 0. The van der Waals surface area contributed by atoms with Gasteiger partial charge in [0.15, 0.2) is 0 Å². The third kappa shape index (κ3) is 4.97. The molecule has 0 saturated carbocycles. The number of rotatable bonds is 6. The number of hydrogen-bond acceptors (Lipinski definition) is 3. The number of carbonyl (C=O) groups excluding carboxylic acids is 1. The normalized spacial score (nSPS) is 15.5. The van der Waals surface area contributed by atoms with Crippen LogP contribution in [0.3, 0.4) is 0 Å². The number of nitrogens with zero attached hydrogens (tertiary/aromatic N) is 2. The van der Waals surface area contributed by atoms with Crippen LogP contribution < -0.4 is 4.31 Å². The number of piperidine rings is 1. The lowest BCUT2D eigenvalue weighted by molar-refractivity contribution is -0.131. The second kappa shape index (κ2) is 8.21. The minimum Gasteiger partial charge on any atom is -0.343 e. The highest BCUT2D eigenvalue weighted by atomic mass is 32.2. The van der Waals surface area contributed by atoms with Crippen LogP contribution in [0.4, 0.5) is 5.69 Å².